The molecule has 1 N–H and O–H groups in total. The number of hydrogen-bond donors (Lipinski definition) is 1. The molecule has 1 amide bonds. The highest BCUT2D eigenvalue weighted by Crippen LogP contribution is 2.16. The van der Waals surface area contributed by atoms with Gasteiger partial charge in [-0.2, -0.15) is 0 Å². The normalized spacial score (nSPS) is 11.0. The molecule has 0 aliphatic carbocycles. The van der Waals surface area contributed by atoms with Crippen molar-refractivity contribution >= 4 is 23.6 Å². The van der Waals surface area contributed by atoms with Gasteiger partial charge in [0, 0.05) is 17.6 Å². The molecule has 0 aromatic heterocycles. The smallest absolute Gasteiger partial charge is 0.244 e. The number of benzene rings is 2. The van der Waals surface area contributed by atoms with E-state index >= 15 is 0 Å². The van der Waals surface area contributed by atoms with Crippen LogP contribution in [-0.2, 0) is 11.3 Å². The van der Waals surface area contributed by atoms with Gasteiger partial charge in [0.1, 0.15) is 5.75 Å². The SMILES string of the molecule is CC(C)Oc1ccc(CNC(=O)/C=C/c2ccccc2Cl)cc1. The van der Waals surface area contributed by atoms with E-state index in [0.29, 0.717) is 11.6 Å². The first-order valence-corrected chi connectivity index (χ1v) is 7.88. The van der Waals surface area contributed by atoms with Gasteiger partial charge in [-0.25, -0.2) is 0 Å². The Morgan fingerprint density at radius 3 is 2.52 bits per heavy atom. The van der Waals surface area contributed by atoms with Crippen LogP contribution in [0.3, 0.4) is 0 Å². The third kappa shape index (κ3) is 5.80. The predicted molar refractivity (Wildman–Crippen MR) is 94.5 cm³/mol. The molecule has 0 spiro atoms. The van der Waals surface area contributed by atoms with E-state index in [4.69, 9.17) is 16.3 Å². The largest absolute Gasteiger partial charge is 0.491 e. The molecule has 2 aromatic rings. The summed E-state index contributed by atoms with van der Waals surface area (Å²) in [6, 6.07) is 15.1. The molecule has 4 heteroatoms. The maximum atomic E-state index is 11.8. The van der Waals surface area contributed by atoms with Crippen LogP contribution in [0.5, 0.6) is 5.75 Å². The Morgan fingerprint density at radius 2 is 1.87 bits per heavy atom. The average Bonchev–Trinajstić information content (AvgIpc) is 2.53. The van der Waals surface area contributed by atoms with Gasteiger partial charge in [-0.3, -0.25) is 4.79 Å². The lowest BCUT2D eigenvalue weighted by molar-refractivity contribution is -0.116. The summed E-state index contributed by atoms with van der Waals surface area (Å²) in [5, 5.41) is 3.46. The molecule has 0 saturated carbocycles. The van der Waals surface area contributed by atoms with Crippen LogP contribution in [0, 0.1) is 0 Å². The maximum Gasteiger partial charge on any atom is 0.244 e. The number of nitrogens with one attached hydrogen (secondary N) is 1. The van der Waals surface area contributed by atoms with Gasteiger partial charge in [-0.1, -0.05) is 41.9 Å². The first kappa shape index (κ1) is 17.1. The first-order valence-electron chi connectivity index (χ1n) is 7.50. The number of carbonyl (C=O) groups excluding carboxylic acids is 1. The third-order valence-corrected chi connectivity index (χ3v) is 3.43. The van der Waals surface area contributed by atoms with Crippen LogP contribution in [0.15, 0.2) is 54.6 Å². The van der Waals surface area contributed by atoms with Crippen LogP contribution in [0.1, 0.15) is 25.0 Å². The monoisotopic (exact) mass is 329 g/mol. The number of rotatable bonds is 6. The van der Waals surface area contributed by atoms with Crippen molar-refractivity contribution in [3.05, 3.63) is 70.8 Å². The number of ether oxygens (including phenoxy) is 1. The molecule has 120 valence electrons. The van der Waals surface area contributed by atoms with Crippen LogP contribution in [0.25, 0.3) is 6.08 Å². The lowest BCUT2D eigenvalue weighted by Crippen LogP contribution is -2.20. The van der Waals surface area contributed by atoms with Crippen molar-refractivity contribution in [2.45, 2.75) is 26.5 Å². The van der Waals surface area contributed by atoms with E-state index in [1.54, 1.807) is 12.1 Å². The van der Waals surface area contributed by atoms with E-state index in [9.17, 15) is 4.79 Å². The van der Waals surface area contributed by atoms with E-state index in [0.717, 1.165) is 16.9 Å². The minimum absolute atomic E-state index is 0.149. The van der Waals surface area contributed by atoms with Crippen molar-refractivity contribution in [2.75, 3.05) is 0 Å². The van der Waals surface area contributed by atoms with Gasteiger partial charge >= 0.3 is 0 Å². The second-order valence-electron chi connectivity index (χ2n) is 5.38. The zero-order chi connectivity index (χ0) is 16.7. The predicted octanol–water partition coefficient (Wildman–Crippen LogP) is 4.46. The Balaban J connectivity index is 1.86. The topological polar surface area (TPSA) is 38.3 Å². The average molecular weight is 330 g/mol. The molecule has 0 unspecified atom stereocenters. The summed E-state index contributed by atoms with van der Waals surface area (Å²) >= 11 is 6.04. The standard InChI is InChI=1S/C19H20ClNO2/c1-14(2)23-17-10-7-15(8-11-17)13-21-19(22)12-9-16-5-3-4-6-18(16)20/h3-12,14H,13H2,1-2H3,(H,21,22)/b12-9+. The Bertz CT molecular complexity index is 678. The van der Waals surface area contributed by atoms with Crippen molar-refractivity contribution < 1.29 is 9.53 Å². The minimum atomic E-state index is -0.160. The maximum absolute atomic E-state index is 11.8. The Hall–Kier alpha value is -2.26. The fourth-order valence-corrected chi connectivity index (χ4v) is 2.18. The van der Waals surface area contributed by atoms with Gasteiger partial charge in [-0.15, -0.1) is 0 Å². The van der Waals surface area contributed by atoms with Crippen molar-refractivity contribution in [1.29, 1.82) is 0 Å². The molecule has 0 atom stereocenters. The van der Waals surface area contributed by atoms with Crippen molar-refractivity contribution in [2.24, 2.45) is 0 Å². The summed E-state index contributed by atoms with van der Waals surface area (Å²) in [5.74, 6) is 0.668. The fraction of sp³-hybridized carbons (Fsp3) is 0.211. The van der Waals surface area contributed by atoms with Crippen molar-refractivity contribution in [1.82, 2.24) is 5.32 Å². The second kappa shape index (κ2) is 8.39. The van der Waals surface area contributed by atoms with Crippen molar-refractivity contribution in [3.63, 3.8) is 0 Å². The van der Waals surface area contributed by atoms with Gasteiger partial charge < -0.3 is 10.1 Å². The molecule has 2 rings (SSSR count). The molecule has 0 radical (unpaired) electrons. The van der Waals surface area contributed by atoms with Crippen LogP contribution >= 0.6 is 11.6 Å². The summed E-state index contributed by atoms with van der Waals surface area (Å²) in [6.45, 7) is 4.44. The summed E-state index contributed by atoms with van der Waals surface area (Å²) in [5.41, 5.74) is 1.83. The Morgan fingerprint density at radius 1 is 1.17 bits per heavy atom. The third-order valence-electron chi connectivity index (χ3n) is 3.08. The van der Waals surface area contributed by atoms with Gasteiger partial charge in [0.05, 0.1) is 6.10 Å². The summed E-state index contributed by atoms with van der Waals surface area (Å²) in [7, 11) is 0. The van der Waals surface area contributed by atoms with Gasteiger partial charge in [0.15, 0.2) is 0 Å². The number of carbonyl (C=O) groups is 1. The highest BCUT2D eigenvalue weighted by Gasteiger charge is 2.00. The molecule has 0 bridgehead atoms. The number of amides is 1. The molecule has 0 heterocycles. The summed E-state index contributed by atoms with van der Waals surface area (Å²) in [6.07, 6.45) is 3.34. The highest BCUT2D eigenvalue weighted by molar-refractivity contribution is 6.32. The molecule has 23 heavy (non-hydrogen) atoms. The molecule has 3 nitrogen and oxygen atoms in total. The molecule has 0 fully saturated rings. The van der Waals surface area contributed by atoms with Gasteiger partial charge in [-0.05, 0) is 49.2 Å². The van der Waals surface area contributed by atoms with E-state index in [1.807, 2.05) is 56.3 Å². The summed E-state index contributed by atoms with van der Waals surface area (Å²) in [4.78, 5) is 11.8. The Kier molecular flexibility index (Phi) is 6.24. The zero-order valence-corrected chi connectivity index (χ0v) is 14.0. The molecule has 2 aromatic carbocycles. The molecule has 0 aliphatic rings. The van der Waals surface area contributed by atoms with E-state index < -0.39 is 0 Å². The van der Waals surface area contributed by atoms with Gasteiger partial charge in [0.2, 0.25) is 5.91 Å². The highest BCUT2D eigenvalue weighted by atomic mass is 35.5. The molecular formula is C19H20ClNO2. The van der Waals surface area contributed by atoms with Crippen LogP contribution in [-0.4, -0.2) is 12.0 Å². The fourth-order valence-electron chi connectivity index (χ4n) is 1.98. The lowest BCUT2D eigenvalue weighted by Gasteiger charge is -2.10. The van der Waals surface area contributed by atoms with Gasteiger partial charge in [0.25, 0.3) is 0 Å². The van der Waals surface area contributed by atoms with E-state index in [1.165, 1.54) is 6.08 Å². The minimum Gasteiger partial charge on any atom is -0.491 e. The molecule has 0 saturated heterocycles. The quantitative estimate of drug-likeness (QED) is 0.795. The first-order chi connectivity index (χ1) is 11.0. The zero-order valence-electron chi connectivity index (χ0n) is 13.3. The molecular weight excluding hydrogens is 310 g/mol. The van der Waals surface area contributed by atoms with Crippen molar-refractivity contribution in [3.8, 4) is 5.75 Å². The summed E-state index contributed by atoms with van der Waals surface area (Å²) < 4.78 is 5.58. The van der Waals surface area contributed by atoms with Crippen LogP contribution < -0.4 is 10.1 Å². The second-order valence-corrected chi connectivity index (χ2v) is 5.79. The Labute approximate surface area is 141 Å². The lowest BCUT2D eigenvalue weighted by atomic mass is 10.2. The van der Waals surface area contributed by atoms with Crippen LogP contribution in [0.2, 0.25) is 5.02 Å². The van der Waals surface area contributed by atoms with Crippen LogP contribution in [0.4, 0.5) is 0 Å². The van der Waals surface area contributed by atoms with E-state index in [-0.39, 0.29) is 12.0 Å². The molecule has 0 aliphatic heterocycles. The van der Waals surface area contributed by atoms with E-state index in [2.05, 4.69) is 5.32 Å². The number of hydrogen-bond acceptors (Lipinski definition) is 2. The number of halogens is 1.